The number of benzene rings is 1. The van der Waals surface area contributed by atoms with Gasteiger partial charge in [0.25, 0.3) is 0 Å². The van der Waals surface area contributed by atoms with Gasteiger partial charge in [-0.1, -0.05) is 30.0 Å². The van der Waals surface area contributed by atoms with Crippen LogP contribution in [-0.2, 0) is 14.8 Å². The lowest BCUT2D eigenvalue weighted by Gasteiger charge is -2.21. The largest absolute Gasteiger partial charge is 0.311 e. The molecule has 0 aliphatic rings. The van der Waals surface area contributed by atoms with Crippen molar-refractivity contribution in [2.45, 2.75) is 16.3 Å². The lowest BCUT2D eigenvalue weighted by molar-refractivity contribution is -0.116. The second-order valence-electron chi connectivity index (χ2n) is 5.70. The van der Waals surface area contributed by atoms with Crippen molar-refractivity contribution in [3.8, 4) is 6.07 Å². The molecule has 0 saturated heterocycles. The van der Waals surface area contributed by atoms with Gasteiger partial charge in [-0.2, -0.15) is 5.26 Å². The van der Waals surface area contributed by atoms with Gasteiger partial charge in [0, 0.05) is 32.5 Å². The SMILES string of the molecule is CN(C)S(=O)(=O)c1ccc(SCC(=O)N(CCC#N)c2ccccc2)nc1. The molecule has 142 valence electrons. The molecule has 0 aliphatic carbocycles. The third kappa shape index (κ3) is 5.53. The highest BCUT2D eigenvalue weighted by Crippen LogP contribution is 2.21. The lowest BCUT2D eigenvalue weighted by atomic mass is 10.2. The summed E-state index contributed by atoms with van der Waals surface area (Å²) in [4.78, 5) is 18.4. The summed E-state index contributed by atoms with van der Waals surface area (Å²) >= 11 is 1.22. The molecule has 0 fully saturated rings. The van der Waals surface area contributed by atoms with Crippen LogP contribution >= 0.6 is 11.8 Å². The molecule has 0 saturated carbocycles. The van der Waals surface area contributed by atoms with Crippen LogP contribution < -0.4 is 4.90 Å². The number of thioether (sulfide) groups is 1. The summed E-state index contributed by atoms with van der Waals surface area (Å²) in [5.74, 6) is -0.0131. The van der Waals surface area contributed by atoms with Gasteiger partial charge in [0.15, 0.2) is 0 Å². The van der Waals surface area contributed by atoms with Crippen LogP contribution in [0.1, 0.15) is 6.42 Å². The summed E-state index contributed by atoms with van der Waals surface area (Å²) in [6.45, 7) is 0.313. The first-order valence-corrected chi connectivity index (χ1v) is 10.5. The number of anilines is 1. The zero-order chi connectivity index (χ0) is 19.9. The van der Waals surface area contributed by atoms with E-state index in [0.717, 1.165) is 9.99 Å². The van der Waals surface area contributed by atoms with Gasteiger partial charge in [0.1, 0.15) is 4.90 Å². The van der Waals surface area contributed by atoms with E-state index in [4.69, 9.17) is 5.26 Å². The maximum Gasteiger partial charge on any atom is 0.244 e. The fourth-order valence-corrected chi connectivity index (χ4v) is 3.76. The second-order valence-corrected chi connectivity index (χ2v) is 8.84. The van der Waals surface area contributed by atoms with Gasteiger partial charge in [-0.3, -0.25) is 4.79 Å². The number of amides is 1. The van der Waals surface area contributed by atoms with Crippen LogP contribution in [0.25, 0.3) is 0 Å². The van der Waals surface area contributed by atoms with E-state index in [2.05, 4.69) is 11.1 Å². The predicted octanol–water partition coefficient (Wildman–Crippen LogP) is 2.37. The molecule has 7 nitrogen and oxygen atoms in total. The van der Waals surface area contributed by atoms with Gasteiger partial charge < -0.3 is 4.90 Å². The summed E-state index contributed by atoms with van der Waals surface area (Å²) < 4.78 is 25.2. The van der Waals surface area contributed by atoms with E-state index in [1.807, 2.05) is 30.3 Å². The Morgan fingerprint density at radius 3 is 2.44 bits per heavy atom. The highest BCUT2D eigenvalue weighted by molar-refractivity contribution is 7.99. The Kier molecular flexibility index (Phi) is 7.36. The van der Waals surface area contributed by atoms with Crippen molar-refractivity contribution in [2.75, 3.05) is 31.3 Å². The molecule has 27 heavy (non-hydrogen) atoms. The molecule has 9 heteroatoms. The minimum atomic E-state index is -3.53. The molecule has 0 atom stereocenters. The topological polar surface area (TPSA) is 94.4 Å². The van der Waals surface area contributed by atoms with Crippen molar-refractivity contribution in [3.63, 3.8) is 0 Å². The maximum absolute atomic E-state index is 12.6. The number of nitrogens with zero attached hydrogens (tertiary/aromatic N) is 4. The summed E-state index contributed by atoms with van der Waals surface area (Å²) in [5.41, 5.74) is 0.735. The summed E-state index contributed by atoms with van der Waals surface area (Å²) in [7, 11) is -0.620. The summed E-state index contributed by atoms with van der Waals surface area (Å²) in [6.07, 6.45) is 1.52. The normalized spacial score (nSPS) is 11.2. The van der Waals surface area contributed by atoms with E-state index in [9.17, 15) is 13.2 Å². The minimum Gasteiger partial charge on any atom is -0.311 e. The highest BCUT2D eigenvalue weighted by atomic mass is 32.2. The number of hydrogen-bond acceptors (Lipinski definition) is 6. The molecule has 0 spiro atoms. The number of sulfonamides is 1. The smallest absolute Gasteiger partial charge is 0.244 e. The Hall–Kier alpha value is -2.41. The van der Waals surface area contributed by atoms with E-state index >= 15 is 0 Å². The van der Waals surface area contributed by atoms with Crippen LogP contribution in [0.4, 0.5) is 5.69 Å². The zero-order valence-corrected chi connectivity index (χ0v) is 16.7. The molecule has 0 unspecified atom stereocenters. The number of hydrogen-bond donors (Lipinski definition) is 0. The number of rotatable bonds is 8. The Balaban J connectivity index is 2.06. The first kappa shape index (κ1) is 20.9. The molecule has 1 aromatic heterocycles. The van der Waals surface area contributed by atoms with E-state index < -0.39 is 10.0 Å². The Morgan fingerprint density at radius 1 is 1.19 bits per heavy atom. The number of aromatic nitrogens is 1. The van der Waals surface area contributed by atoms with Crippen molar-refractivity contribution in [2.24, 2.45) is 0 Å². The van der Waals surface area contributed by atoms with Gasteiger partial charge in [0.05, 0.1) is 23.3 Å². The Bertz CT molecular complexity index is 908. The van der Waals surface area contributed by atoms with Crippen LogP contribution in [0.15, 0.2) is 58.6 Å². The van der Waals surface area contributed by atoms with Crippen LogP contribution in [0.5, 0.6) is 0 Å². The molecule has 0 bridgehead atoms. The molecule has 0 radical (unpaired) electrons. The standard InChI is InChI=1S/C18H20N4O3S2/c1-21(2)27(24,25)16-9-10-17(20-13-16)26-14-18(23)22(12-6-11-19)15-7-4-3-5-8-15/h3-5,7-10,13H,6,12,14H2,1-2H3. The quantitative estimate of drug-likeness (QED) is 0.627. The molecule has 1 aromatic carbocycles. The zero-order valence-electron chi connectivity index (χ0n) is 15.1. The fraction of sp³-hybridized carbons (Fsp3) is 0.278. The molecule has 0 aliphatic heterocycles. The van der Waals surface area contributed by atoms with Gasteiger partial charge in [-0.05, 0) is 24.3 Å². The average Bonchev–Trinajstić information content (AvgIpc) is 2.67. The van der Waals surface area contributed by atoms with Gasteiger partial charge >= 0.3 is 0 Å². The van der Waals surface area contributed by atoms with Crippen LogP contribution in [0.2, 0.25) is 0 Å². The van der Waals surface area contributed by atoms with Crippen molar-refractivity contribution < 1.29 is 13.2 Å². The first-order chi connectivity index (χ1) is 12.9. The third-order valence-electron chi connectivity index (χ3n) is 3.65. The van der Waals surface area contributed by atoms with Crippen LogP contribution in [0, 0.1) is 11.3 Å². The van der Waals surface area contributed by atoms with Crippen LogP contribution in [-0.4, -0.2) is 50.0 Å². The van der Waals surface area contributed by atoms with E-state index in [1.54, 1.807) is 11.0 Å². The molecular weight excluding hydrogens is 384 g/mol. The Morgan fingerprint density at radius 2 is 1.89 bits per heavy atom. The van der Waals surface area contributed by atoms with E-state index in [-0.39, 0.29) is 23.0 Å². The lowest BCUT2D eigenvalue weighted by Crippen LogP contribution is -2.33. The highest BCUT2D eigenvalue weighted by Gasteiger charge is 2.18. The number of carbonyl (C=O) groups excluding carboxylic acids is 1. The summed E-state index contributed by atoms with van der Waals surface area (Å²) in [6, 6.07) is 14.3. The number of pyridine rings is 1. The van der Waals surface area contributed by atoms with Crippen molar-refractivity contribution >= 4 is 33.4 Å². The third-order valence-corrected chi connectivity index (χ3v) is 6.37. The average molecular weight is 405 g/mol. The van der Waals surface area contributed by atoms with E-state index in [1.165, 1.54) is 38.1 Å². The van der Waals surface area contributed by atoms with Crippen LogP contribution in [0.3, 0.4) is 0 Å². The number of nitriles is 1. The monoisotopic (exact) mass is 404 g/mol. The minimum absolute atomic E-state index is 0.100. The molecule has 1 amide bonds. The molecular formula is C18H20N4O3S2. The van der Waals surface area contributed by atoms with Gasteiger partial charge in [-0.25, -0.2) is 17.7 Å². The maximum atomic E-state index is 12.6. The molecule has 2 aromatic rings. The van der Waals surface area contributed by atoms with Crippen molar-refractivity contribution in [1.29, 1.82) is 5.26 Å². The number of para-hydroxylation sites is 1. The van der Waals surface area contributed by atoms with Crippen molar-refractivity contribution in [1.82, 2.24) is 9.29 Å². The molecule has 0 N–H and O–H groups in total. The van der Waals surface area contributed by atoms with Crippen molar-refractivity contribution in [3.05, 3.63) is 48.7 Å². The predicted molar refractivity (Wildman–Crippen MR) is 105 cm³/mol. The fourth-order valence-electron chi connectivity index (χ4n) is 2.20. The van der Waals surface area contributed by atoms with E-state index in [0.29, 0.717) is 11.6 Å². The second kappa shape index (κ2) is 9.50. The van der Waals surface area contributed by atoms with Gasteiger partial charge in [0.2, 0.25) is 15.9 Å². The molecule has 2 rings (SSSR count). The Labute approximate surface area is 163 Å². The summed E-state index contributed by atoms with van der Waals surface area (Å²) in [5, 5.41) is 9.38. The first-order valence-electron chi connectivity index (χ1n) is 8.10. The number of carbonyl (C=O) groups is 1. The van der Waals surface area contributed by atoms with Gasteiger partial charge in [-0.15, -0.1) is 0 Å². The molecule has 1 heterocycles.